The fraction of sp³-hybridized carbons (Fsp3) is 0.536. The third-order valence-corrected chi connectivity index (χ3v) is 8.03. The topological polar surface area (TPSA) is 23.8 Å². The van der Waals surface area contributed by atoms with Gasteiger partial charge < -0.3 is 0 Å². The van der Waals surface area contributed by atoms with Crippen molar-refractivity contribution in [2.45, 2.75) is 76.5 Å². The molecule has 0 radical (unpaired) electrons. The van der Waals surface area contributed by atoms with Crippen LogP contribution in [-0.4, -0.2) is 0 Å². The summed E-state index contributed by atoms with van der Waals surface area (Å²) in [4.78, 5) is 0. The zero-order chi connectivity index (χ0) is 21.8. The van der Waals surface area contributed by atoms with Crippen molar-refractivity contribution in [2.24, 2.45) is 17.8 Å². The van der Waals surface area contributed by atoms with Crippen LogP contribution in [0.4, 0.5) is 8.78 Å². The number of benzene rings is 2. The van der Waals surface area contributed by atoms with Gasteiger partial charge in [-0.15, -0.1) is 0 Å². The molecule has 4 rings (SSSR count). The van der Waals surface area contributed by atoms with Crippen molar-refractivity contribution in [1.82, 2.24) is 0 Å². The van der Waals surface area contributed by atoms with Crippen LogP contribution in [0.2, 0.25) is 0 Å². The van der Waals surface area contributed by atoms with Crippen LogP contribution in [0.1, 0.15) is 93.2 Å². The molecule has 2 aliphatic rings. The minimum absolute atomic E-state index is 0.219. The Hall–Kier alpha value is -2.21. The van der Waals surface area contributed by atoms with Crippen LogP contribution in [0.25, 0.3) is 0 Å². The van der Waals surface area contributed by atoms with Gasteiger partial charge in [0.05, 0.1) is 0 Å². The minimum atomic E-state index is -0.720. The van der Waals surface area contributed by atoms with E-state index in [9.17, 15) is 8.78 Å². The molecule has 164 valence electrons. The van der Waals surface area contributed by atoms with Crippen LogP contribution in [0.3, 0.4) is 0 Å². The highest BCUT2D eigenvalue weighted by atomic mass is 19.1. The maximum Gasteiger partial charge on any atom is 0.144 e. The van der Waals surface area contributed by atoms with Crippen LogP contribution in [0, 0.1) is 40.7 Å². The van der Waals surface area contributed by atoms with Crippen LogP contribution in [0.5, 0.6) is 0 Å². The summed E-state index contributed by atoms with van der Waals surface area (Å²) in [6, 6.07) is 15.2. The zero-order valence-electron chi connectivity index (χ0n) is 18.5. The summed E-state index contributed by atoms with van der Waals surface area (Å²) in [7, 11) is 0. The molecule has 2 aliphatic carbocycles. The normalized spacial score (nSPS) is 27.4. The van der Waals surface area contributed by atoms with E-state index >= 15 is 0 Å². The zero-order valence-corrected chi connectivity index (χ0v) is 18.5. The average molecular weight is 422 g/mol. The maximum absolute atomic E-state index is 14.0. The van der Waals surface area contributed by atoms with Crippen LogP contribution in [0.15, 0.2) is 42.5 Å². The summed E-state index contributed by atoms with van der Waals surface area (Å²) >= 11 is 0. The Morgan fingerprint density at radius 3 is 1.97 bits per heavy atom. The molecule has 0 saturated heterocycles. The fourth-order valence-electron chi connectivity index (χ4n) is 6.17. The average Bonchev–Trinajstić information content (AvgIpc) is 2.80. The Morgan fingerprint density at radius 1 is 0.871 bits per heavy atom. The number of halogens is 2. The monoisotopic (exact) mass is 421 g/mol. The van der Waals surface area contributed by atoms with Gasteiger partial charge in [-0.05, 0) is 97.8 Å². The second-order valence-electron chi connectivity index (χ2n) is 9.91. The first kappa shape index (κ1) is 22.0. The van der Waals surface area contributed by atoms with E-state index < -0.39 is 17.2 Å². The Bertz CT molecular complexity index is 877. The molecule has 2 aromatic rings. The second kappa shape index (κ2) is 9.94. The lowest BCUT2D eigenvalue weighted by Gasteiger charge is -2.38. The van der Waals surface area contributed by atoms with Crippen molar-refractivity contribution >= 4 is 0 Å². The summed E-state index contributed by atoms with van der Waals surface area (Å²) in [5.41, 5.74) is 1.72. The molecule has 0 aromatic heterocycles. The summed E-state index contributed by atoms with van der Waals surface area (Å²) in [6.07, 6.45) is 11.0. The van der Waals surface area contributed by atoms with Crippen LogP contribution >= 0.6 is 0 Å². The van der Waals surface area contributed by atoms with E-state index in [0.717, 1.165) is 49.0 Å². The first-order chi connectivity index (χ1) is 15.0. The molecule has 31 heavy (non-hydrogen) atoms. The molecule has 0 N–H and O–H groups in total. The van der Waals surface area contributed by atoms with E-state index in [-0.39, 0.29) is 5.92 Å². The summed E-state index contributed by atoms with van der Waals surface area (Å²) in [6.45, 7) is 2.36. The smallest absolute Gasteiger partial charge is 0.144 e. The number of nitriles is 1. The van der Waals surface area contributed by atoms with Gasteiger partial charge in [0.25, 0.3) is 0 Å². The van der Waals surface area contributed by atoms with E-state index in [1.807, 2.05) is 0 Å². The van der Waals surface area contributed by atoms with Crippen molar-refractivity contribution in [1.29, 1.82) is 5.26 Å². The predicted octanol–water partition coefficient (Wildman–Crippen LogP) is 8.11. The molecule has 2 saturated carbocycles. The predicted molar refractivity (Wildman–Crippen MR) is 121 cm³/mol. The molecule has 0 aliphatic heterocycles. The lowest BCUT2D eigenvalue weighted by molar-refractivity contribution is 0.154. The van der Waals surface area contributed by atoms with Gasteiger partial charge in [0.15, 0.2) is 0 Å². The summed E-state index contributed by atoms with van der Waals surface area (Å²) < 4.78 is 28.0. The van der Waals surface area contributed by atoms with E-state index in [0.29, 0.717) is 5.92 Å². The lowest BCUT2D eigenvalue weighted by atomic mass is 9.67. The van der Waals surface area contributed by atoms with Crippen molar-refractivity contribution in [3.63, 3.8) is 0 Å². The molecule has 2 fully saturated rings. The summed E-state index contributed by atoms with van der Waals surface area (Å²) in [5, 5.41) is 8.87. The molecule has 0 unspecified atom stereocenters. The molecule has 1 nitrogen and oxygen atoms in total. The van der Waals surface area contributed by atoms with Gasteiger partial charge in [-0.1, -0.05) is 50.1 Å². The van der Waals surface area contributed by atoms with Gasteiger partial charge in [-0.3, -0.25) is 0 Å². The third-order valence-electron chi connectivity index (χ3n) is 8.03. The second-order valence-corrected chi connectivity index (χ2v) is 9.91. The number of hydrogen-bond acceptors (Lipinski definition) is 1. The fourth-order valence-corrected chi connectivity index (χ4v) is 6.17. The minimum Gasteiger partial charge on any atom is -0.205 e. The standard InChI is InChI=1S/C28H33F2N/c1-19(21-5-3-2-4-6-21)15-20-7-9-22(10-8-20)23-11-13-24(14-12-23)25-16-27(29)26(18-31)28(30)17-25/h2-6,16-17,19-20,22-24H,7-15H2,1H3/t19-,20?,22?,23?,24?/m0/s1. The molecular formula is C28H33F2N. The Morgan fingerprint density at radius 2 is 1.42 bits per heavy atom. The van der Waals surface area contributed by atoms with Gasteiger partial charge in [0, 0.05) is 0 Å². The molecule has 2 aromatic carbocycles. The van der Waals surface area contributed by atoms with Gasteiger partial charge in [-0.2, -0.15) is 5.26 Å². The number of rotatable bonds is 5. The highest BCUT2D eigenvalue weighted by molar-refractivity contribution is 5.36. The quantitative estimate of drug-likeness (QED) is 0.478. The number of nitrogens with zero attached hydrogens (tertiary/aromatic N) is 1. The lowest BCUT2D eigenvalue weighted by Crippen LogP contribution is -2.26. The Kier molecular flexibility index (Phi) is 7.06. The molecular weight excluding hydrogens is 388 g/mol. The summed E-state index contributed by atoms with van der Waals surface area (Å²) in [5.74, 6) is 1.83. The molecule has 0 amide bonds. The molecule has 3 heteroatoms. The number of hydrogen-bond donors (Lipinski definition) is 0. The maximum atomic E-state index is 14.0. The SMILES string of the molecule is C[C@@H](CC1CCC(C2CCC(c3cc(F)c(C#N)c(F)c3)CC2)CC1)c1ccccc1. The van der Waals surface area contributed by atoms with E-state index in [2.05, 4.69) is 37.3 Å². The van der Waals surface area contributed by atoms with Gasteiger partial charge in [0.1, 0.15) is 23.3 Å². The van der Waals surface area contributed by atoms with Crippen molar-refractivity contribution in [2.75, 3.05) is 0 Å². The molecule has 0 heterocycles. The largest absolute Gasteiger partial charge is 0.205 e. The van der Waals surface area contributed by atoms with Crippen molar-refractivity contribution < 1.29 is 8.78 Å². The van der Waals surface area contributed by atoms with Gasteiger partial charge in [0.2, 0.25) is 0 Å². The van der Waals surface area contributed by atoms with E-state index in [4.69, 9.17) is 5.26 Å². The van der Waals surface area contributed by atoms with Gasteiger partial charge in [-0.25, -0.2) is 8.78 Å². The first-order valence-electron chi connectivity index (χ1n) is 12.0. The molecule has 0 bridgehead atoms. The van der Waals surface area contributed by atoms with E-state index in [1.165, 1.54) is 49.8 Å². The van der Waals surface area contributed by atoms with Gasteiger partial charge >= 0.3 is 0 Å². The van der Waals surface area contributed by atoms with Crippen LogP contribution < -0.4 is 0 Å². The Labute approximate surface area is 185 Å². The third kappa shape index (κ3) is 5.17. The highest BCUT2D eigenvalue weighted by Gasteiger charge is 2.32. The Balaban J connectivity index is 1.26. The van der Waals surface area contributed by atoms with Crippen molar-refractivity contribution in [3.05, 3.63) is 70.8 Å². The molecule has 1 atom stereocenters. The van der Waals surface area contributed by atoms with E-state index in [1.54, 1.807) is 6.07 Å². The van der Waals surface area contributed by atoms with Crippen LogP contribution in [-0.2, 0) is 0 Å². The van der Waals surface area contributed by atoms with Crippen molar-refractivity contribution in [3.8, 4) is 6.07 Å². The highest BCUT2D eigenvalue weighted by Crippen LogP contribution is 2.45. The molecule has 0 spiro atoms. The first-order valence-corrected chi connectivity index (χ1v) is 12.0.